The summed E-state index contributed by atoms with van der Waals surface area (Å²) in [6, 6.07) is 24.8. The average molecular weight is 709 g/mol. The van der Waals surface area contributed by atoms with Crippen LogP contribution in [0, 0.1) is 5.92 Å². The molecule has 52 heavy (non-hydrogen) atoms. The van der Waals surface area contributed by atoms with Crippen LogP contribution in [-0.4, -0.2) is 77.5 Å². The third-order valence-corrected chi connectivity index (χ3v) is 9.32. The summed E-state index contributed by atoms with van der Waals surface area (Å²) in [6.07, 6.45) is 1.96. The zero-order chi connectivity index (χ0) is 37.2. The molecule has 12 nitrogen and oxygen atoms in total. The van der Waals surface area contributed by atoms with E-state index in [9.17, 15) is 24.3 Å². The highest BCUT2D eigenvalue weighted by atomic mass is 16.5. The summed E-state index contributed by atoms with van der Waals surface area (Å²) >= 11 is 0. The van der Waals surface area contributed by atoms with Gasteiger partial charge in [0.1, 0.15) is 11.9 Å². The predicted molar refractivity (Wildman–Crippen MR) is 204 cm³/mol. The molecule has 0 bridgehead atoms. The summed E-state index contributed by atoms with van der Waals surface area (Å²) in [5.41, 5.74) is 8.37. The molecule has 3 atom stereocenters. The Morgan fingerprint density at radius 3 is 2.33 bits per heavy atom. The number of benzene rings is 4. The number of rotatable bonds is 13. The van der Waals surface area contributed by atoms with Crippen LogP contribution < -0.4 is 26.4 Å². The van der Waals surface area contributed by atoms with Gasteiger partial charge >= 0.3 is 6.03 Å². The van der Waals surface area contributed by atoms with E-state index in [-0.39, 0.29) is 61.4 Å². The van der Waals surface area contributed by atoms with Crippen LogP contribution >= 0.6 is 0 Å². The van der Waals surface area contributed by atoms with Gasteiger partial charge in [0, 0.05) is 43.4 Å². The third kappa shape index (κ3) is 9.58. The number of nitrogens with zero attached hydrogens (tertiary/aromatic N) is 2. The maximum absolute atomic E-state index is 13.9. The lowest BCUT2D eigenvalue weighted by molar-refractivity contribution is -0.116. The van der Waals surface area contributed by atoms with Gasteiger partial charge in [0.05, 0.1) is 41.8 Å². The lowest BCUT2D eigenvalue weighted by Crippen LogP contribution is -2.50. The maximum atomic E-state index is 13.9. The van der Waals surface area contributed by atoms with Gasteiger partial charge in [-0.3, -0.25) is 14.4 Å². The number of likely N-dealkylation sites (N-methyl/N-ethyl adjacent to an activating group) is 1. The molecule has 1 heterocycles. The van der Waals surface area contributed by atoms with Crippen LogP contribution in [0.15, 0.2) is 84.9 Å². The number of amides is 5. The van der Waals surface area contributed by atoms with Crippen molar-refractivity contribution in [1.82, 2.24) is 9.80 Å². The number of anilines is 4. The van der Waals surface area contributed by atoms with Crippen LogP contribution in [0.5, 0.6) is 5.75 Å². The van der Waals surface area contributed by atoms with Crippen molar-refractivity contribution in [2.24, 2.45) is 5.92 Å². The minimum Gasteiger partial charge on any atom is -0.487 e. The molecule has 0 unspecified atom stereocenters. The Hall–Kier alpha value is -5.62. The van der Waals surface area contributed by atoms with Crippen LogP contribution in [0.1, 0.15) is 56.3 Å². The molecular weight excluding hydrogens is 660 g/mol. The van der Waals surface area contributed by atoms with E-state index in [4.69, 9.17) is 10.5 Å². The van der Waals surface area contributed by atoms with Crippen molar-refractivity contribution in [2.75, 3.05) is 48.4 Å². The van der Waals surface area contributed by atoms with Gasteiger partial charge < -0.3 is 41.3 Å². The number of hydrogen-bond acceptors (Lipinski definition) is 7. The van der Waals surface area contributed by atoms with Crippen molar-refractivity contribution in [3.63, 3.8) is 0 Å². The van der Waals surface area contributed by atoms with Gasteiger partial charge in [-0.05, 0) is 61.5 Å². The number of unbranched alkanes of at least 4 members (excludes halogenated alkanes) is 2. The largest absolute Gasteiger partial charge is 0.487 e. The summed E-state index contributed by atoms with van der Waals surface area (Å²) in [6.45, 7) is 4.02. The molecule has 0 saturated carbocycles. The van der Waals surface area contributed by atoms with Crippen molar-refractivity contribution in [3.05, 3.63) is 90.5 Å². The first-order valence-electron chi connectivity index (χ1n) is 17.7. The molecule has 1 aliphatic rings. The molecule has 0 radical (unpaired) electrons. The average Bonchev–Trinajstić information content (AvgIpc) is 3.13. The lowest BCUT2D eigenvalue weighted by Gasteiger charge is -2.38. The van der Waals surface area contributed by atoms with Crippen LogP contribution in [0.25, 0.3) is 10.8 Å². The Labute approximate surface area is 304 Å². The first-order valence-corrected chi connectivity index (χ1v) is 17.7. The number of aliphatic hydroxyl groups is 1. The number of ether oxygens (including phenoxy) is 1. The SMILES string of the molecule is C[C@@H]1CN([C@@H](C)CO)C(=O)c2cc(NC(=O)CCCCCC(=O)Nc3ccccc3N)ccc2O[C@H]1CN(C)C(=O)Nc1cccc2ccccc12. The number of para-hydroxylation sites is 2. The van der Waals surface area contributed by atoms with E-state index in [1.165, 1.54) is 0 Å². The molecule has 274 valence electrons. The minimum atomic E-state index is -0.490. The summed E-state index contributed by atoms with van der Waals surface area (Å²) in [5.74, 6) is -0.539. The predicted octanol–water partition coefficient (Wildman–Crippen LogP) is 6.33. The van der Waals surface area contributed by atoms with Crippen molar-refractivity contribution >= 4 is 57.3 Å². The molecule has 5 amide bonds. The second-order valence-electron chi connectivity index (χ2n) is 13.4. The second-order valence-corrected chi connectivity index (χ2v) is 13.4. The molecular formula is C40H48N6O6. The highest BCUT2D eigenvalue weighted by Crippen LogP contribution is 2.31. The molecule has 0 saturated heterocycles. The molecule has 1 aliphatic heterocycles. The van der Waals surface area contributed by atoms with E-state index < -0.39 is 12.1 Å². The molecule has 12 heteroatoms. The Morgan fingerprint density at radius 1 is 0.904 bits per heavy atom. The fourth-order valence-corrected chi connectivity index (χ4v) is 6.21. The van der Waals surface area contributed by atoms with Gasteiger partial charge in [0.25, 0.3) is 5.91 Å². The standard InChI is InChI=1S/C40H48N6O6/c1-26-23-46(27(2)25-47)39(50)31-22-29(42-37(48)18-5-4-6-19-38(49)43-34-16-10-9-15-32(34)41)20-21-35(31)52-36(26)24-45(3)40(51)44-33-17-11-13-28-12-7-8-14-30(28)33/h7-17,20-22,26-27,36,47H,4-6,18-19,23-25,41H2,1-3H3,(H,42,48)(H,43,49)(H,44,51)/t26-,27+,36+/m1/s1. The molecule has 4 aromatic rings. The molecule has 0 spiro atoms. The second kappa shape index (κ2) is 17.5. The lowest BCUT2D eigenvalue weighted by atomic mass is 9.99. The summed E-state index contributed by atoms with van der Waals surface area (Å²) in [4.78, 5) is 55.6. The van der Waals surface area contributed by atoms with E-state index in [0.29, 0.717) is 54.2 Å². The van der Waals surface area contributed by atoms with Gasteiger partial charge in [-0.25, -0.2) is 4.79 Å². The number of carbonyl (C=O) groups is 4. The van der Waals surface area contributed by atoms with Gasteiger partial charge in [0.15, 0.2) is 0 Å². The van der Waals surface area contributed by atoms with Gasteiger partial charge in [0.2, 0.25) is 11.8 Å². The van der Waals surface area contributed by atoms with Gasteiger partial charge in [-0.2, -0.15) is 0 Å². The van der Waals surface area contributed by atoms with Gasteiger partial charge in [-0.1, -0.05) is 61.9 Å². The van der Waals surface area contributed by atoms with E-state index in [0.717, 1.165) is 10.8 Å². The normalized spacial score (nSPS) is 16.2. The monoisotopic (exact) mass is 708 g/mol. The molecule has 0 aromatic heterocycles. The van der Waals surface area contributed by atoms with Crippen LogP contribution in [0.3, 0.4) is 0 Å². The summed E-state index contributed by atoms with van der Waals surface area (Å²) in [5, 5.41) is 20.7. The Morgan fingerprint density at radius 2 is 1.58 bits per heavy atom. The molecule has 0 aliphatic carbocycles. The number of nitrogen functional groups attached to an aromatic ring is 1. The number of carbonyl (C=O) groups excluding carboxylic acids is 4. The van der Waals surface area contributed by atoms with Crippen molar-refractivity contribution in [3.8, 4) is 5.75 Å². The Bertz CT molecular complexity index is 1890. The highest BCUT2D eigenvalue weighted by molar-refractivity contribution is 6.02. The van der Waals surface area contributed by atoms with E-state index in [1.54, 1.807) is 66.2 Å². The van der Waals surface area contributed by atoms with E-state index in [1.807, 2.05) is 49.4 Å². The molecule has 0 fully saturated rings. The van der Waals surface area contributed by atoms with Crippen LogP contribution in [0.4, 0.5) is 27.5 Å². The summed E-state index contributed by atoms with van der Waals surface area (Å²) in [7, 11) is 1.70. The zero-order valence-electron chi connectivity index (χ0n) is 29.9. The summed E-state index contributed by atoms with van der Waals surface area (Å²) < 4.78 is 6.45. The number of nitrogens with one attached hydrogen (secondary N) is 3. The van der Waals surface area contributed by atoms with Crippen molar-refractivity contribution in [1.29, 1.82) is 0 Å². The zero-order valence-corrected chi connectivity index (χ0v) is 29.9. The third-order valence-electron chi connectivity index (χ3n) is 9.32. The number of aliphatic hydroxyl groups excluding tert-OH is 1. The molecule has 4 aromatic carbocycles. The van der Waals surface area contributed by atoms with E-state index in [2.05, 4.69) is 16.0 Å². The first kappa shape index (κ1) is 37.6. The van der Waals surface area contributed by atoms with Crippen molar-refractivity contribution < 1.29 is 29.0 Å². The van der Waals surface area contributed by atoms with E-state index >= 15 is 0 Å². The molecule has 6 N–H and O–H groups in total. The fourth-order valence-electron chi connectivity index (χ4n) is 6.21. The highest BCUT2D eigenvalue weighted by Gasteiger charge is 2.34. The smallest absolute Gasteiger partial charge is 0.321 e. The van der Waals surface area contributed by atoms with Crippen molar-refractivity contribution in [2.45, 2.75) is 58.1 Å². The molecule has 5 rings (SSSR count). The van der Waals surface area contributed by atoms with Gasteiger partial charge in [-0.15, -0.1) is 0 Å². The first-order chi connectivity index (χ1) is 25.0. The minimum absolute atomic E-state index is 0.132. The number of urea groups is 1. The number of nitrogens with two attached hydrogens (primary N) is 1. The Kier molecular flexibility index (Phi) is 12.7. The maximum Gasteiger partial charge on any atom is 0.321 e. The quantitative estimate of drug-likeness (QED) is 0.0799. The topological polar surface area (TPSA) is 166 Å². The number of hydrogen-bond donors (Lipinski definition) is 5. The fraction of sp³-hybridized carbons (Fsp3) is 0.350. The Balaban J connectivity index is 1.20. The van der Waals surface area contributed by atoms with Crippen LogP contribution in [-0.2, 0) is 9.59 Å². The van der Waals surface area contributed by atoms with Crippen LogP contribution in [0.2, 0.25) is 0 Å². The number of fused-ring (bicyclic) bond motifs is 2.